The van der Waals surface area contributed by atoms with Crippen LogP contribution in [0.5, 0.6) is 0 Å². The van der Waals surface area contributed by atoms with Gasteiger partial charge in [-0.05, 0) is 38.4 Å². The minimum Gasteiger partial charge on any atom is -0.377 e. The number of anilines is 1. The number of rotatable bonds is 6. The van der Waals surface area contributed by atoms with Crippen LogP contribution in [0.15, 0.2) is 18.2 Å². The molecule has 0 radical (unpaired) electrons. The Kier molecular flexibility index (Phi) is 6.27. The highest BCUT2D eigenvalue weighted by Crippen LogP contribution is 2.16. The predicted octanol–water partition coefficient (Wildman–Crippen LogP) is 2.79. The topological polar surface area (TPSA) is 41.6 Å². The summed E-state index contributed by atoms with van der Waals surface area (Å²) in [5.74, 6) is -1.72. The van der Waals surface area contributed by atoms with E-state index in [1.54, 1.807) is 0 Å². The summed E-state index contributed by atoms with van der Waals surface area (Å²) in [6, 6.07) is 3.09. The highest BCUT2D eigenvalue weighted by molar-refractivity contribution is 5.90. The van der Waals surface area contributed by atoms with Crippen LogP contribution in [0.1, 0.15) is 25.7 Å². The number of nitrogens with zero attached hydrogens (tertiary/aromatic N) is 1. The van der Waals surface area contributed by atoms with Gasteiger partial charge in [-0.15, -0.1) is 0 Å². The van der Waals surface area contributed by atoms with Crippen molar-refractivity contribution in [2.45, 2.75) is 31.8 Å². The number of carbonyl (C=O) groups excluding carboxylic acids is 1. The standard InChI is InChI=1S/C16H22F2N2O2/c1-20(11-13-4-2-3-9-22-13)8-7-16(21)19-15-6-5-12(17)10-14(15)18/h5-6,10,13H,2-4,7-9,11H2,1H3,(H,19,21)/t13-/m0/s1. The number of ether oxygens (including phenoxy) is 1. The van der Waals surface area contributed by atoms with E-state index in [1.165, 1.54) is 12.5 Å². The Hall–Kier alpha value is -1.53. The zero-order chi connectivity index (χ0) is 15.9. The van der Waals surface area contributed by atoms with Crippen molar-refractivity contribution < 1.29 is 18.3 Å². The van der Waals surface area contributed by atoms with E-state index in [1.807, 2.05) is 11.9 Å². The Bertz CT molecular complexity index is 505. The summed E-state index contributed by atoms with van der Waals surface area (Å²) in [5.41, 5.74) is 0.00432. The first-order valence-electron chi connectivity index (χ1n) is 7.59. The highest BCUT2D eigenvalue weighted by Gasteiger charge is 2.16. The van der Waals surface area contributed by atoms with Gasteiger partial charge < -0.3 is 15.0 Å². The molecule has 1 N–H and O–H groups in total. The van der Waals surface area contributed by atoms with Gasteiger partial charge in [0, 0.05) is 32.2 Å². The van der Waals surface area contributed by atoms with Crippen LogP contribution >= 0.6 is 0 Å². The third-order valence-electron chi connectivity index (χ3n) is 3.72. The Labute approximate surface area is 129 Å². The maximum Gasteiger partial charge on any atom is 0.225 e. The van der Waals surface area contributed by atoms with Crippen molar-refractivity contribution in [3.8, 4) is 0 Å². The van der Waals surface area contributed by atoms with Gasteiger partial charge in [0.15, 0.2) is 0 Å². The second-order valence-electron chi connectivity index (χ2n) is 5.67. The Morgan fingerprint density at radius 2 is 2.23 bits per heavy atom. The summed E-state index contributed by atoms with van der Waals surface area (Å²) in [5, 5.41) is 2.46. The lowest BCUT2D eigenvalue weighted by Gasteiger charge is -2.27. The largest absolute Gasteiger partial charge is 0.377 e. The van der Waals surface area contributed by atoms with Crippen molar-refractivity contribution in [3.05, 3.63) is 29.8 Å². The molecule has 122 valence electrons. The van der Waals surface area contributed by atoms with Crippen LogP contribution in [0.25, 0.3) is 0 Å². The van der Waals surface area contributed by atoms with Crippen LogP contribution < -0.4 is 5.32 Å². The SMILES string of the molecule is CN(CCC(=O)Nc1ccc(F)cc1F)C[C@@H]1CCCCO1. The van der Waals surface area contributed by atoms with Gasteiger partial charge in [-0.25, -0.2) is 8.78 Å². The Morgan fingerprint density at radius 1 is 1.41 bits per heavy atom. The average molecular weight is 312 g/mol. The van der Waals surface area contributed by atoms with Crippen molar-refractivity contribution in [1.29, 1.82) is 0 Å². The fourth-order valence-electron chi connectivity index (χ4n) is 2.49. The summed E-state index contributed by atoms with van der Waals surface area (Å²) in [4.78, 5) is 13.9. The van der Waals surface area contributed by atoms with E-state index in [0.29, 0.717) is 6.54 Å². The molecule has 1 fully saturated rings. The highest BCUT2D eigenvalue weighted by atomic mass is 19.1. The van der Waals surface area contributed by atoms with Crippen LogP contribution in [0.2, 0.25) is 0 Å². The third kappa shape index (κ3) is 5.35. The fourth-order valence-corrected chi connectivity index (χ4v) is 2.49. The second-order valence-corrected chi connectivity index (χ2v) is 5.67. The van der Waals surface area contributed by atoms with E-state index >= 15 is 0 Å². The molecular weight excluding hydrogens is 290 g/mol. The minimum atomic E-state index is -0.766. The average Bonchev–Trinajstić information content (AvgIpc) is 2.49. The Morgan fingerprint density at radius 3 is 2.91 bits per heavy atom. The zero-order valence-corrected chi connectivity index (χ0v) is 12.8. The number of hydrogen-bond donors (Lipinski definition) is 1. The van der Waals surface area contributed by atoms with E-state index in [4.69, 9.17) is 4.74 Å². The molecule has 1 aromatic carbocycles. The van der Waals surface area contributed by atoms with Gasteiger partial charge in [-0.2, -0.15) is 0 Å². The maximum atomic E-state index is 13.4. The fraction of sp³-hybridized carbons (Fsp3) is 0.562. The number of benzene rings is 1. The summed E-state index contributed by atoms with van der Waals surface area (Å²) in [7, 11) is 1.93. The van der Waals surface area contributed by atoms with Gasteiger partial charge in [0.25, 0.3) is 0 Å². The molecule has 1 aliphatic rings. The molecule has 22 heavy (non-hydrogen) atoms. The number of amides is 1. The van der Waals surface area contributed by atoms with Crippen molar-refractivity contribution >= 4 is 11.6 Å². The van der Waals surface area contributed by atoms with E-state index in [2.05, 4.69) is 5.32 Å². The van der Waals surface area contributed by atoms with Crippen molar-refractivity contribution in [3.63, 3.8) is 0 Å². The van der Waals surface area contributed by atoms with Gasteiger partial charge in [0.1, 0.15) is 11.6 Å². The van der Waals surface area contributed by atoms with Crippen molar-refractivity contribution in [2.75, 3.05) is 32.1 Å². The maximum absolute atomic E-state index is 13.4. The molecule has 0 aliphatic carbocycles. The lowest BCUT2D eigenvalue weighted by Crippen LogP contribution is -2.35. The zero-order valence-electron chi connectivity index (χ0n) is 12.8. The van der Waals surface area contributed by atoms with Crippen molar-refractivity contribution in [2.24, 2.45) is 0 Å². The third-order valence-corrected chi connectivity index (χ3v) is 3.72. The first kappa shape index (κ1) is 16.8. The van der Waals surface area contributed by atoms with E-state index in [9.17, 15) is 13.6 Å². The van der Waals surface area contributed by atoms with Crippen molar-refractivity contribution in [1.82, 2.24) is 4.90 Å². The normalized spacial score (nSPS) is 18.5. The molecule has 0 aromatic heterocycles. The van der Waals surface area contributed by atoms with E-state index in [0.717, 1.165) is 38.1 Å². The van der Waals surface area contributed by atoms with Gasteiger partial charge in [0.05, 0.1) is 11.8 Å². The molecular formula is C16H22F2N2O2. The molecule has 1 amide bonds. The van der Waals surface area contributed by atoms with Crippen LogP contribution in [0.4, 0.5) is 14.5 Å². The molecule has 0 unspecified atom stereocenters. The lowest BCUT2D eigenvalue weighted by atomic mass is 10.1. The first-order chi connectivity index (χ1) is 10.5. The smallest absolute Gasteiger partial charge is 0.225 e. The molecule has 0 spiro atoms. The summed E-state index contributed by atoms with van der Waals surface area (Å²) < 4.78 is 31.9. The molecule has 1 aliphatic heterocycles. The summed E-state index contributed by atoms with van der Waals surface area (Å²) in [6.45, 7) is 2.16. The number of carbonyl (C=O) groups is 1. The van der Waals surface area contributed by atoms with Crippen LogP contribution in [0, 0.1) is 11.6 Å². The molecule has 1 atom stereocenters. The molecule has 0 saturated carbocycles. The number of nitrogens with one attached hydrogen (secondary N) is 1. The molecule has 1 heterocycles. The van der Waals surface area contributed by atoms with Gasteiger partial charge in [0.2, 0.25) is 5.91 Å². The van der Waals surface area contributed by atoms with E-state index in [-0.39, 0.29) is 24.1 Å². The monoisotopic (exact) mass is 312 g/mol. The number of likely N-dealkylation sites (N-methyl/N-ethyl adjacent to an activating group) is 1. The molecule has 1 saturated heterocycles. The molecule has 4 nitrogen and oxygen atoms in total. The van der Waals surface area contributed by atoms with Crippen LogP contribution in [-0.4, -0.2) is 43.7 Å². The first-order valence-corrected chi connectivity index (χ1v) is 7.59. The van der Waals surface area contributed by atoms with Gasteiger partial charge >= 0.3 is 0 Å². The number of halogens is 2. The minimum absolute atomic E-state index is 0.00432. The quantitative estimate of drug-likeness (QED) is 0.878. The van der Waals surface area contributed by atoms with Crippen LogP contribution in [0.3, 0.4) is 0 Å². The van der Waals surface area contributed by atoms with Gasteiger partial charge in [-0.1, -0.05) is 0 Å². The Balaban J connectivity index is 1.72. The predicted molar refractivity (Wildman–Crippen MR) is 80.7 cm³/mol. The van der Waals surface area contributed by atoms with Crippen LogP contribution in [-0.2, 0) is 9.53 Å². The van der Waals surface area contributed by atoms with E-state index < -0.39 is 11.6 Å². The second kappa shape index (κ2) is 8.19. The summed E-state index contributed by atoms with van der Waals surface area (Å²) >= 11 is 0. The lowest BCUT2D eigenvalue weighted by molar-refractivity contribution is -0.116. The molecule has 1 aromatic rings. The molecule has 2 rings (SSSR count). The van der Waals surface area contributed by atoms with Gasteiger partial charge in [-0.3, -0.25) is 4.79 Å². The molecule has 0 bridgehead atoms. The number of hydrogen-bond acceptors (Lipinski definition) is 3. The summed E-state index contributed by atoms with van der Waals surface area (Å²) in [6.07, 6.45) is 3.84. The molecule has 6 heteroatoms.